The van der Waals surface area contributed by atoms with Gasteiger partial charge in [-0.2, -0.15) is 0 Å². The summed E-state index contributed by atoms with van der Waals surface area (Å²) in [6.45, 7) is 2.56. The maximum absolute atomic E-state index is 12.6. The van der Waals surface area contributed by atoms with Crippen LogP contribution in [0.5, 0.6) is 11.5 Å². The van der Waals surface area contributed by atoms with Crippen LogP contribution in [0.25, 0.3) is 22.6 Å². The molecule has 4 aromatic rings. The number of ether oxygens (including phenoxy) is 2. The van der Waals surface area contributed by atoms with Crippen molar-refractivity contribution in [3.63, 3.8) is 0 Å². The summed E-state index contributed by atoms with van der Waals surface area (Å²) in [5, 5.41) is 2.88. The zero-order valence-corrected chi connectivity index (χ0v) is 16.1. The van der Waals surface area contributed by atoms with E-state index in [0.29, 0.717) is 40.6 Å². The molecule has 0 saturated heterocycles. The van der Waals surface area contributed by atoms with Crippen LogP contribution >= 0.6 is 0 Å². The number of hydrogen-bond acceptors (Lipinski definition) is 5. The number of nitrogens with zero attached hydrogens (tertiary/aromatic N) is 1. The molecule has 146 valence electrons. The Kier molecular flexibility index (Phi) is 5.16. The van der Waals surface area contributed by atoms with Crippen molar-refractivity contribution in [2.24, 2.45) is 0 Å². The van der Waals surface area contributed by atoms with Gasteiger partial charge >= 0.3 is 0 Å². The monoisotopic (exact) mass is 388 g/mol. The minimum Gasteiger partial charge on any atom is -0.496 e. The van der Waals surface area contributed by atoms with Gasteiger partial charge in [0, 0.05) is 11.3 Å². The second kappa shape index (κ2) is 8.06. The number of oxazole rings is 1. The third kappa shape index (κ3) is 3.91. The maximum Gasteiger partial charge on any atom is 0.259 e. The van der Waals surface area contributed by atoms with Gasteiger partial charge in [-0.05, 0) is 61.5 Å². The van der Waals surface area contributed by atoms with Gasteiger partial charge in [-0.15, -0.1) is 0 Å². The molecule has 1 N–H and O–H groups in total. The normalized spacial score (nSPS) is 10.7. The molecule has 6 nitrogen and oxygen atoms in total. The molecule has 0 bridgehead atoms. The summed E-state index contributed by atoms with van der Waals surface area (Å²) >= 11 is 0. The van der Waals surface area contributed by atoms with Crippen molar-refractivity contribution >= 4 is 22.7 Å². The Balaban J connectivity index is 1.57. The number of fused-ring (bicyclic) bond motifs is 1. The van der Waals surface area contributed by atoms with Crippen molar-refractivity contribution in [3.05, 3.63) is 72.3 Å². The highest BCUT2D eigenvalue weighted by Crippen LogP contribution is 2.28. The van der Waals surface area contributed by atoms with E-state index in [1.807, 2.05) is 37.3 Å². The van der Waals surface area contributed by atoms with Crippen molar-refractivity contribution in [1.82, 2.24) is 4.98 Å². The first-order chi connectivity index (χ1) is 14.2. The predicted octanol–water partition coefficient (Wildman–Crippen LogP) is 5.15. The molecule has 6 heteroatoms. The summed E-state index contributed by atoms with van der Waals surface area (Å²) in [6, 6.07) is 20.0. The lowest BCUT2D eigenvalue weighted by atomic mass is 10.2. The lowest BCUT2D eigenvalue weighted by molar-refractivity contribution is 0.102. The molecule has 0 fully saturated rings. The van der Waals surface area contributed by atoms with Crippen molar-refractivity contribution < 1.29 is 18.7 Å². The highest BCUT2D eigenvalue weighted by molar-refractivity contribution is 6.06. The summed E-state index contributed by atoms with van der Waals surface area (Å²) in [4.78, 5) is 17.1. The number of rotatable bonds is 6. The zero-order chi connectivity index (χ0) is 20.2. The number of hydrogen-bond donors (Lipinski definition) is 1. The average Bonchev–Trinajstić information content (AvgIpc) is 3.18. The number of carbonyl (C=O) groups is 1. The van der Waals surface area contributed by atoms with Crippen LogP contribution in [0.1, 0.15) is 17.3 Å². The molecule has 0 aliphatic carbocycles. The second-order valence-corrected chi connectivity index (χ2v) is 6.31. The third-order valence-electron chi connectivity index (χ3n) is 4.41. The number of para-hydroxylation sites is 1. The highest BCUT2D eigenvalue weighted by Gasteiger charge is 2.13. The van der Waals surface area contributed by atoms with Gasteiger partial charge in [0.15, 0.2) is 5.58 Å². The highest BCUT2D eigenvalue weighted by atomic mass is 16.5. The lowest BCUT2D eigenvalue weighted by Gasteiger charge is -2.08. The Morgan fingerprint density at radius 1 is 1.07 bits per heavy atom. The van der Waals surface area contributed by atoms with E-state index in [9.17, 15) is 4.79 Å². The first-order valence-corrected chi connectivity index (χ1v) is 9.26. The minimum absolute atomic E-state index is 0.253. The van der Waals surface area contributed by atoms with E-state index in [1.165, 1.54) is 7.11 Å². The maximum atomic E-state index is 12.6. The largest absolute Gasteiger partial charge is 0.496 e. The van der Waals surface area contributed by atoms with Gasteiger partial charge in [0.1, 0.15) is 17.0 Å². The Labute approximate surface area is 168 Å². The van der Waals surface area contributed by atoms with Crippen LogP contribution in [0.15, 0.2) is 71.1 Å². The van der Waals surface area contributed by atoms with E-state index in [1.54, 1.807) is 36.4 Å². The Bertz CT molecular complexity index is 1150. The summed E-state index contributed by atoms with van der Waals surface area (Å²) in [7, 11) is 1.54. The molecule has 0 saturated carbocycles. The molecule has 0 unspecified atom stereocenters. The van der Waals surface area contributed by atoms with Crippen LogP contribution in [-0.2, 0) is 0 Å². The smallest absolute Gasteiger partial charge is 0.259 e. The Morgan fingerprint density at radius 2 is 1.86 bits per heavy atom. The number of carbonyl (C=O) groups excluding carboxylic acids is 1. The van der Waals surface area contributed by atoms with E-state index in [2.05, 4.69) is 10.3 Å². The molecule has 0 radical (unpaired) electrons. The van der Waals surface area contributed by atoms with Crippen LogP contribution in [-0.4, -0.2) is 24.6 Å². The Morgan fingerprint density at radius 3 is 2.62 bits per heavy atom. The quantitative estimate of drug-likeness (QED) is 0.494. The Hall–Kier alpha value is -3.80. The van der Waals surface area contributed by atoms with E-state index in [-0.39, 0.29) is 5.91 Å². The standard InChI is InChI=1S/C23H20N2O4/c1-3-28-17-11-8-15(9-12-17)23-25-19-14-16(10-13-21(19)29-23)24-22(26)18-6-4-5-7-20(18)27-2/h4-14H,3H2,1-2H3,(H,24,26). The SMILES string of the molecule is CCOc1ccc(-c2nc3cc(NC(=O)c4ccccc4OC)ccc3o2)cc1. The number of methoxy groups -OCH3 is 1. The molecule has 0 spiro atoms. The van der Waals surface area contributed by atoms with Gasteiger partial charge in [-0.1, -0.05) is 12.1 Å². The molecule has 3 aromatic carbocycles. The predicted molar refractivity (Wildman–Crippen MR) is 112 cm³/mol. The lowest BCUT2D eigenvalue weighted by Crippen LogP contribution is -2.13. The number of anilines is 1. The first-order valence-electron chi connectivity index (χ1n) is 9.26. The van der Waals surface area contributed by atoms with Crippen molar-refractivity contribution in [1.29, 1.82) is 0 Å². The first kappa shape index (κ1) is 18.6. The molecule has 0 aliphatic heterocycles. The van der Waals surface area contributed by atoms with E-state index >= 15 is 0 Å². The summed E-state index contributed by atoms with van der Waals surface area (Å²) in [6.07, 6.45) is 0. The third-order valence-corrected chi connectivity index (χ3v) is 4.41. The van der Waals surface area contributed by atoms with Gasteiger partial charge < -0.3 is 19.2 Å². The second-order valence-electron chi connectivity index (χ2n) is 6.31. The fourth-order valence-corrected chi connectivity index (χ4v) is 3.02. The minimum atomic E-state index is -0.253. The van der Waals surface area contributed by atoms with Crippen molar-refractivity contribution in [2.45, 2.75) is 6.92 Å². The van der Waals surface area contributed by atoms with Crippen molar-refractivity contribution in [2.75, 3.05) is 19.0 Å². The zero-order valence-electron chi connectivity index (χ0n) is 16.1. The van der Waals surface area contributed by atoms with Crippen molar-refractivity contribution in [3.8, 4) is 23.0 Å². The fraction of sp³-hybridized carbons (Fsp3) is 0.130. The number of aromatic nitrogens is 1. The number of benzene rings is 3. The van der Waals surface area contributed by atoms with Gasteiger partial charge in [0.2, 0.25) is 5.89 Å². The van der Waals surface area contributed by atoms with Gasteiger partial charge in [-0.3, -0.25) is 4.79 Å². The van der Waals surface area contributed by atoms with Crippen LogP contribution in [0.3, 0.4) is 0 Å². The van der Waals surface area contributed by atoms with Crippen LogP contribution in [0, 0.1) is 0 Å². The van der Waals surface area contributed by atoms with Gasteiger partial charge in [0.05, 0.1) is 19.3 Å². The molecule has 1 aromatic heterocycles. The van der Waals surface area contributed by atoms with E-state index in [0.717, 1.165) is 11.3 Å². The summed E-state index contributed by atoms with van der Waals surface area (Å²) < 4.78 is 16.6. The molecule has 1 heterocycles. The molecule has 0 atom stereocenters. The van der Waals surface area contributed by atoms with Crippen LogP contribution in [0.4, 0.5) is 5.69 Å². The number of nitrogens with one attached hydrogen (secondary N) is 1. The molecule has 1 amide bonds. The molecular formula is C23H20N2O4. The topological polar surface area (TPSA) is 73.6 Å². The number of amides is 1. The molecule has 29 heavy (non-hydrogen) atoms. The average molecular weight is 388 g/mol. The van der Waals surface area contributed by atoms with E-state index in [4.69, 9.17) is 13.9 Å². The van der Waals surface area contributed by atoms with Gasteiger partial charge in [0.25, 0.3) is 5.91 Å². The summed E-state index contributed by atoms with van der Waals surface area (Å²) in [5.41, 5.74) is 3.24. The van der Waals surface area contributed by atoms with E-state index < -0.39 is 0 Å². The van der Waals surface area contributed by atoms with Crippen LogP contribution < -0.4 is 14.8 Å². The van der Waals surface area contributed by atoms with Gasteiger partial charge in [-0.25, -0.2) is 4.98 Å². The molecule has 4 rings (SSSR count). The van der Waals surface area contributed by atoms with Crippen LogP contribution in [0.2, 0.25) is 0 Å². The summed E-state index contributed by atoms with van der Waals surface area (Å²) in [5.74, 6) is 1.58. The molecular weight excluding hydrogens is 368 g/mol. The fourth-order valence-electron chi connectivity index (χ4n) is 3.02. The molecule has 0 aliphatic rings.